The van der Waals surface area contributed by atoms with Crippen LogP contribution in [0.1, 0.15) is 31.7 Å². The van der Waals surface area contributed by atoms with Crippen molar-refractivity contribution < 1.29 is 4.74 Å². The van der Waals surface area contributed by atoms with Gasteiger partial charge in [0.25, 0.3) is 0 Å². The fourth-order valence-corrected chi connectivity index (χ4v) is 1.76. The van der Waals surface area contributed by atoms with Crippen molar-refractivity contribution in [3.8, 4) is 0 Å². The first kappa shape index (κ1) is 9.21. The second-order valence-electron chi connectivity index (χ2n) is 4.63. The standard InChI is InChI=1S/C11H16N2O2/c14-11-12(8-15-7-9-1-2-9)5-6-13(11)10-3-4-10/h5-6,9-10H,1-4,7-8H2. The number of imidazole rings is 1. The first-order valence-corrected chi connectivity index (χ1v) is 5.69. The highest BCUT2D eigenvalue weighted by Crippen LogP contribution is 2.33. The van der Waals surface area contributed by atoms with Crippen LogP contribution in [0.2, 0.25) is 0 Å². The zero-order valence-electron chi connectivity index (χ0n) is 8.76. The highest BCUT2D eigenvalue weighted by atomic mass is 16.5. The van der Waals surface area contributed by atoms with Gasteiger partial charge in [0.1, 0.15) is 6.73 Å². The number of aromatic nitrogens is 2. The summed E-state index contributed by atoms with van der Waals surface area (Å²) in [5, 5.41) is 0. The third kappa shape index (κ3) is 2.00. The molecule has 4 heteroatoms. The van der Waals surface area contributed by atoms with Crippen LogP contribution in [0.3, 0.4) is 0 Å². The molecule has 0 aromatic carbocycles. The predicted molar refractivity (Wildman–Crippen MR) is 55.6 cm³/mol. The summed E-state index contributed by atoms with van der Waals surface area (Å²) in [5.74, 6) is 0.756. The van der Waals surface area contributed by atoms with Crippen molar-refractivity contribution in [2.75, 3.05) is 6.61 Å². The monoisotopic (exact) mass is 208 g/mol. The van der Waals surface area contributed by atoms with E-state index in [1.807, 2.05) is 17.0 Å². The van der Waals surface area contributed by atoms with Crippen LogP contribution in [0, 0.1) is 5.92 Å². The Balaban J connectivity index is 1.60. The maximum atomic E-state index is 11.8. The number of rotatable bonds is 5. The molecule has 0 N–H and O–H groups in total. The van der Waals surface area contributed by atoms with Crippen molar-refractivity contribution >= 4 is 0 Å². The maximum absolute atomic E-state index is 11.8. The van der Waals surface area contributed by atoms with Crippen LogP contribution >= 0.6 is 0 Å². The lowest BCUT2D eigenvalue weighted by molar-refractivity contribution is 0.0665. The van der Waals surface area contributed by atoms with Gasteiger partial charge in [0.15, 0.2) is 0 Å². The summed E-state index contributed by atoms with van der Waals surface area (Å²) in [6.45, 7) is 1.22. The molecule has 0 bridgehead atoms. The fraction of sp³-hybridized carbons (Fsp3) is 0.727. The maximum Gasteiger partial charge on any atom is 0.330 e. The van der Waals surface area contributed by atoms with E-state index in [-0.39, 0.29) is 5.69 Å². The lowest BCUT2D eigenvalue weighted by atomic mass is 10.5. The highest BCUT2D eigenvalue weighted by molar-refractivity contribution is 4.90. The Hall–Kier alpha value is -1.03. The number of hydrogen-bond donors (Lipinski definition) is 0. The van der Waals surface area contributed by atoms with E-state index < -0.39 is 0 Å². The summed E-state index contributed by atoms with van der Waals surface area (Å²) >= 11 is 0. The Morgan fingerprint density at radius 1 is 1.27 bits per heavy atom. The SMILES string of the molecule is O=c1n(COCC2CC2)ccn1C1CC1. The van der Waals surface area contributed by atoms with Gasteiger partial charge in [-0.15, -0.1) is 0 Å². The number of hydrogen-bond acceptors (Lipinski definition) is 2. The second kappa shape index (κ2) is 3.52. The molecule has 0 aliphatic heterocycles. The molecule has 0 spiro atoms. The Bertz CT molecular complexity index is 399. The predicted octanol–water partition coefficient (Wildman–Crippen LogP) is 1.37. The first-order valence-electron chi connectivity index (χ1n) is 5.69. The molecule has 1 heterocycles. The number of nitrogens with zero attached hydrogens (tertiary/aromatic N) is 2. The van der Waals surface area contributed by atoms with E-state index in [1.54, 1.807) is 4.57 Å². The summed E-state index contributed by atoms with van der Waals surface area (Å²) in [7, 11) is 0. The molecule has 2 fully saturated rings. The van der Waals surface area contributed by atoms with Gasteiger partial charge in [-0.2, -0.15) is 0 Å². The van der Waals surface area contributed by atoms with Crippen molar-refractivity contribution in [1.82, 2.24) is 9.13 Å². The normalized spacial score (nSPS) is 20.8. The number of ether oxygens (including phenoxy) is 1. The zero-order valence-corrected chi connectivity index (χ0v) is 8.76. The van der Waals surface area contributed by atoms with Gasteiger partial charge in [0.05, 0.1) is 6.61 Å². The second-order valence-corrected chi connectivity index (χ2v) is 4.63. The third-order valence-corrected chi connectivity index (χ3v) is 3.09. The van der Waals surface area contributed by atoms with Crippen molar-refractivity contribution in [3.63, 3.8) is 0 Å². The molecular weight excluding hydrogens is 192 g/mol. The largest absolute Gasteiger partial charge is 0.360 e. The van der Waals surface area contributed by atoms with Crippen LogP contribution < -0.4 is 5.69 Å². The van der Waals surface area contributed by atoms with Crippen molar-refractivity contribution in [2.45, 2.75) is 38.5 Å². The lowest BCUT2D eigenvalue weighted by Crippen LogP contribution is -2.24. The van der Waals surface area contributed by atoms with E-state index in [1.165, 1.54) is 12.8 Å². The molecule has 2 aliphatic rings. The Labute approximate surface area is 88.5 Å². The summed E-state index contributed by atoms with van der Waals surface area (Å²) in [6.07, 6.45) is 8.57. The van der Waals surface area contributed by atoms with Gasteiger partial charge in [0, 0.05) is 18.4 Å². The smallest absolute Gasteiger partial charge is 0.330 e. The molecule has 1 aromatic rings. The van der Waals surface area contributed by atoms with Gasteiger partial charge in [-0.3, -0.25) is 9.13 Å². The molecular formula is C11H16N2O2. The molecule has 0 saturated heterocycles. The van der Waals surface area contributed by atoms with Crippen LogP contribution in [-0.4, -0.2) is 15.7 Å². The van der Waals surface area contributed by atoms with E-state index in [4.69, 9.17) is 4.74 Å². The minimum atomic E-state index is 0.0771. The van der Waals surface area contributed by atoms with E-state index in [9.17, 15) is 4.79 Å². The molecule has 4 nitrogen and oxygen atoms in total. The summed E-state index contributed by atoms with van der Waals surface area (Å²) in [6, 6.07) is 0.460. The highest BCUT2D eigenvalue weighted by Gasteiger charge is 2.25. The molecule has 2 aliphatic carbocycles. The minimum absolute atomic E-state index is 0.0771. The molecule has 0 radical (unpaired) electrons. The van der Waals surface area contributed by atoms with Gasteiger partial charge < -0.3 is 4.74 Å². The lowest BCUT2D eigenvalue weighted by Gasteiger charge is -2.02. The van der Waals surface area contributed by atoms with Crippen molar-refractivity contribution in [2.24, 2.45) is 5.92 Å². The van der Waals surface area contributed by atoms with E-state index >= 15 is 0 Å². The van der Waals surface area contributed by atoms with Gasteiger partial charge >= 0.3 is 5.69 Å². The van der Waals surface area contributed by atoms with Crippen LogP contribution in [0.5, 0.6) is 0 Å². The third-order valence-electron chi connectivity index (χ3n) is 3.09. The summed E-state index contributed by atoms with van der Waals surface area (Å²) in [5.41, 5.74) is 0.0771. The topological polar surface area (TPSA) is 36.2 Å². The van der Waals surface area contributed by atoms with Crippen LogP contribution in [-0.2, 0) is 11.5 Å². The average Bonchev–Trinajstić information content (AvgIpc) is 3.11. The van der Waals surface area contributed by atoms with Crippen molar-refractivity contribution in [1.29, 1.82) is 0 Å². The van der Waals surface area contributed by atoms with Crippen LogP contribution in [0.15, 0.2) is 17.2 Å². The Morgan fingerprint density at radius 3 is 2.73 bits per heavy atom. The van der Waals surface area contributed by atoms with Crippen molar-refractivity contribution in [3.05, 3.63) is 22.9 Å². The van der Waals surface area contributed by atoms with Gasteiger partial charge in [-0.25, -0.2) is 4.79 Å². The van der Waals surface area contributed by atoms with Crippen LogP contribution in [0.25, 0.3) is 0 Å². The van der Waals surface area contributed by atoms with Crippen LogP contribution in [0.4, 0.5) is 0 Å². The van der Waals surface area contributed by atoms with Gasteiger partial charge in [0.2, 0.25) is 0 Å². The Morgan fingerprint density at radius 2 is 2.07 bits per heavy atom. The summed E-state index contributed by atoms with van der Waals surface area (Å²) in [4.78, 5) is 11.8. The molecule has 0 unspecified atom stereocenters. The van der Waals surface area contributed by atoms with E-state index in [2.05, 4.69) is 0 Å². The van der Waals surface area contributed by atoms with E-state index in [0.717, 1.165) is 25.4 Å². The Kier molecular flexibility index (Phi) is 2.16. The molecule has 15 heavy (non-hydrogen) atoms. The molecule has 82 valence electrons. The first-order chi connectivity index (χ1) is 7.34. The summed E-state index contributed by atoms with van der Waals surface area (Å²) < 4.78 is 8.96. The van der Waals surface area contributed by atoms with Gasteiger partial charge in [-0.1, -0.05) is 0 Å². The molecule has 2 saturated carbocycles. The van der Waals surface area contributed by atoms with E-state index in [0.29, 0.717) is 12.8 Å². The molecule has 1 aromatic heterocycles. The minimum Gasteiger partial charge on any atom is -0.360 e. The molecule has 3 rings (SSSR count). The average molecular weight is 208 g/mol. The van der Waals surface area contributed by atoms with Gasteiger partial charge in [-0.05, 0) is 31.6 Å². The quantitative estimate of drug-likeness (QED) is 0.732. The zero-order chi connectivity index (χ0) is 10.3. The molecule has 0 amide bonds. The fourth-order valence-electron chi connectivity index (χ4n) is 1.76. The molecule has 0 atom stereocenters.